The van der Waals surface area contributed by atoms with E-state index < -0.39 is 30.6 Å². The van der Waals surface area contributed by atoms with Gasteiger partial charge < -0.3 is 4.42 Å². The first kappa shape index (κ1) is 15.3. The molecule has 0 bridgehead atoms. The van der Waals surface area contributed by atoms with Gasteiger partial charge >= 0.3 is 11.9 Å². The highest BCUT2D eigenvalue weighted by Crippen LogP contribution is 2.23. The molecule has 0 aliphatic carbocycles. The maximum absolute atomic E-state index is 12.1. The number of rotatable bonds is 5. The van der Waals surface area contributed by atoms with Crippen molar-refractivity contribution in [1.29, 1.82) is 0 Å². The van der Waals surface area contributed by atoms with Crippen molar-refractivity contribution in [2.45, 2.75) is 38.9 Å². The van der Waals surface area contributed by atoms with Crippen LogP contribution in [0.15, 0.2) is 27.4 Å². The number of halogens is 3. The van der Waals surface area contributed by atoms with Gasteiger partial charge in [0.1, 0.15) is 0 Å². The molecule has 0 spiro atoms. The van der Waals surface area contributed by atoms with Crippen LogP contribution in [0.3, 0.4) is 0 Å². The van der Waals surface area contributed by atoms with Gasteiger partial charge in [-0.1, -0.05) is 6.92 Å². The molecule has 2 rings (SSSR count). The maximum Gasteiger partial charge on any atom is 0.419 e. The summed E-state index contributed by atoms with van der Waals surface area (Å²) in [4.78, 5) is 23.4. The van der Waals surface area contributed by atoms with Gasteiger partial charge in [0.15, 0.2) is 11.4 Å². The minimum Gasteiger partial charge on any atom is -0.408 e. The summed E-state index contributed by atoms with van der Waals surface area (Å²) in [5.41, 5.74) is 0.865. The Labute approximate surface area is 118 Å². The molecule has 0 atom stereocenters. The van der Waals surface area contributed by atoms with Gasteiger partial charge in [0, 0.05) is 18.5 Å². The summed E-state index contributed by atoms with van der Waals surface area (Å²) in [6.45, 7) is 2.38. The average Bonchev–Trinajstić information content (AvgIpc) is 2.71. The van der Waals surface area contributed by atoms with Gasteiger partial charge in [0.25, 0.3) is 0 Å². The second-order valence-corrected chi connectivity index (χ2v) is 4.74. The van der Waals surface area contributed by atoms with Crippen LogP contribution in [-0.4, -0.2) is 16.5 Å². The average molecular weight is 301 g/mol. The lowest BCUT2D eigenvalue weighted by Crippen LogP contribution is -2.13. The van der Waals surface area contributed by atoms with Gasteiger partial charge in [0.05, 0.1) is 11.9 Å². The van der Waals surface area contributed by atoms with Crippen LogP contribution in [0.1, 0.15) is 36.5 Å². The molecule has 7 heteroatoms. The number of nitrogens with zero attached hydrogens (tertiary/aromatic N) is 1. The molecular weight excluding hydrogens is 287 g/mol. The summed E-state index contributed by atoms with van der Waals surface area (Å²) < 4.78 is 42.8. The first-order chi connectivity index (χ1) is 9.81. The first-order valence-electron chi connectivity index (χ1n) is 6.55. The Morgan fingerprint density at radius 2 is 2.05 bits per heavy atom. The lowest BCUT2D eigenvalue weighted by molar-refractivity contribution is -0.133. The quantitative estimate of drug-likeness (QED) is 0.794. The zero-order valence-electron chi connectivity index (χ0n) is 11.4. The maximum atomic E-state index is 12.1. The van der Waals surface area contributed by atoms with Gasteiger partial charge in [-0.2, -0.15) is 13.2 Å². The number of aromatic nitrogens is 1. The molecule has 0 fully saturated rings. The van der Waals surface area contributed by atoms with E-state index >= 15 is 0 Å². The summed E-state index contributed by atoms with van der Waals surface area (Å²) >= 11 is 0. The molecule has 0 N–H and O–H groups in total. The lowest BCUT2D eigenvalue weighted by atomic mass is 10.1. The molecule has 1 heterocycles. The highest BCUT2D eigenvalue weighted by Gasteiger charge is 2.28. The molecule has 0 aliphatic rings. The molecule has 0 unspecified atom stereocenters. The summed E-state index contributed by atoms with van der Waals surface area (Å²) in [6.07, 6.45) is -5.41. The number of aryl methyl sites for hydroxylation is 1. The number of alkyl halides is 3. The van der Waals surface area contributed by atoms with E-state index in [-0.39, 0.29) is 11.1 Å². The van der Waals surface area contributed by atoms with E-state index in [0.717, 1.165) is 6.42 Å². The molecule has 21 heavy (non-hydrogen) atoms. The van der Waals surface area contributed by atoms with E-state index in [1.807, 2.05) is 6.92 Å². The zero-order valence-corrected chi connectivity index (χ0v) is 11.4. The highest BCUT2D eigenvalue weighted by molar-refractivity contribution is 5.98. The van der Waals surface area contributed by atoms with E-state index in [4.69, 9.17) is 4.42 Å². The SMILES string of the molecule is CCCn1c(=O)oc2cc(C(=O)CCC(F)(F)F)ccc21. The van der Waals surface area contributed by atoms with E-state index in [1.165, 1.54) is 22.8 Å². The third-order valence-electron chi connectivity index (χ3n) is 3.07. The molecule has 4 nitrogen and oxygen atoms in total. The Balaban J connectivity index is 2.27. The Bertz CT molecular complexity index is 712. The van der Waals surface area contributed by atoms with Crippen molar-refractivity contribution in [3.05, 3.63) is 34.3 Å². The second-order valence-electron chi connectivity index (χ2n) is 4.74. The van der Waals surface area contributed by atoms with Crippen molar-refractivity contribution in [1.82, 2.24) is 4.57 Å². The minimum atomic E-state index is -4.36. The van der Waals surface area contributed by atoms with Gasteiger partial charge in [-0.05, 0) is 24.6 Å². The number of Topliss-reactive ketones (excluding diaryl/α,β-unsaturated/α-hetero) is 1. The number of carbonyl (C=O) groups is 1. The van der Waals surface area contributed by atoms with Crippen molar-refractivity contribution in [2.75, 3.05) is 0 Å². The van der Waals surface area contributed by atoms with Crippen LogP contribution in [0.4, 0.5) is 13.2 Å². The number of ketones is 1. The van der Waals surface area contributed by atoms with Gasteiger partial charge in [-0.15, -0.1) is 0 Å². The molecule has 0 saturated heterocycles. The number of benzene rings is 1. The fourth-order valence-electron chi connectivity index (χ4n) is 2.07. The van der Waals surface area contributed by atoms with Crippen LogP contribution in [0.2, 0.25) is 0 Å². The molecular formula is C14H14F3NO3. The van der Waals surface area contributed by atoms with Gasteiger partial charge in [-0.25, -0.2) is 4.79 Å². The number of carbonyl (C=O) groups excluding carboxylic acids is 1. The van der Waals surface area contributed by atoms with E-state index in [2.05, 4.69) is 0 Å². The molecule has 1 aromatic carbocycles. The fraction of sp³-hybridized carbons (Fsp3) is 0.429. The Morgan fingerprint density at radius 1 is 1.33 bits per heavy atom. The van der Waals surface area contributed by atoms with Crippen LogP contribution in [0.25, 0.3) is 11.1 Å². The highest BCUT2D eigenvalue weighted by atomic mass is 19.4. The van der Waals surface area contributed by atoms with Crippen molar-refractivity contribution < 1.29 is 22.4 Å². The van der Waals surface area contributed by atoms with E-state index in [1.54, 1.807) is 0 Å². The second kappa shape index (κ2) is 5.75. The van der Waals surface area contributed by atoms with Crippen LogP contribution in [0.5, 0.6) is 0 Å². The summed E-state index contributed by atoms with van der Waals surface area (Å²) in [5.74, 6) is -1.16. The van der Waals surface area contributed by atoms with Gasteiger partial charge in [0.2, 0.25) is 0 Å². The lowest BCUT2D eigenvalue weighted by Gasteiger charge is -2.05. The topological polar surface area (TPSA) is 52.2 Å². The molecule has 2 aromatic rings. The third kappa shape index (κ3) is 3.53. The normalized spacial score (nSPS) is 12.0. The first-order valence-corrected chi connectivity index (χ1v) is 6.55. The number of hydrogen-bond acceptors (Lipinski definition) is 3. The van der Waals surface area contributed by atoms with Gasteiger partial charge in [-0.3, -0.25) is 9.36 Å². The summed E-state index contributed by atoms with van der Waals surface area (Å²) in [7, 11) is 0. The number of fused-ring (bicyclic) bond motifs is 1. The van der Waals surface area contributed by atoms with Crippen LogP contribution < -0.4 is 5.76 Å². The molecule has 0 radical (unpaired) electrons. The monoisotopic (exact) mass is 301 g/mol. The van der Waals surface area contributed by atoms with Crippen molar-refractivity contribution in [3.63, 3.8) is 0 Å². The predicted octanol–water partition coefficient (Wildman–Crippen LogP) is 3.53. The zero-order chi connectivity index (χ0) is 15.6. The Kier molecular flexibility index (Phi) is 4.20. The number of oxazole rings is 1. The summed E-state index contributed by atoms with van der Waals surface area (Å²) in [6, 6.07) is 4.26. The van der Waals surface area contributed by atoms with Crippen LogP contribution in [0, 0.1) is 0 Å². The fourth-order valence-corrected chi connectivity index (χ4v) is 2.07. The van der Waals surface area contributed by atoms with Crippen LogP contribution in [-0.2, 0) is 6.54 Å². The molecule has 1 aromatic heterocycles. The van der Waals surface area contributed by atoms with Crippen molar-refractivity contribution >= 4 is 16.9 Å². The minimum absolute atomic E-state index is 0.115. The molecule has 0 amide bonds. The molecule has 114 valence electrons. The summed E-state index contributed by atoms with van der Waals surface area (Å²) in [5, 5.41) is 0. The number of hydrogen-bond donors (Lipinski definition) is 0. The Morgan fingerprint density at radius 3 is 2.67 bits per heavy atom. The van der Waals surface area contributed by atoms with Crippen molar-refractivity contribution in [2.24, 2.45) is 0 Å². The van der Waals surface area contributed by atoms with E-state index in [9.17, 15) is 22.8 Å². The van der Waals surface area contributed by atoms with E-state index in [0.29, 0.717) is 12.1 Å². The Hall–Kier alpha value is -2.05. The standard InChI is InChI=1S/C14H14F3NO3/c1-2-7-18-10-4-3-9(8-12(10)21-13(18)20)11(19)5-6-14(15,16)17/h3-4,8H,2,5-7H2,1H3. The largest absolute Gasteiger partial charge is 0.419 e. The van der Waals surface area contributed by atoms with Crippen LogP contribution >= 0.6 is 0 Å². The smallest absolute Gasteiger partial charge is 0.408 e. The molecule has 0 saturated carbocycles. The predicted molar refractivity (Wildman–Crippen MR) is 70.4 cm³/mol. The van der Waals surface area contributed by atoms with Crippen molar-refractivity contribution in [3.8, 4) is 0 Å². The third-order valence-corrected chi connectivity index (χ3v) is 3.07. The molecule has 0 aliphatic heterocycles.